The van der Waals surface area contributed by atoms with E-state index in [1.807, 2.05) is 0 Å². The number of hydrogen-bond acceptors (Lipinski definition) is 6. The monoisotopic (exact) mass is 781 g/mol. The van der Waals surface area contributed by atoms with Crippen LogP contribution >= 0.6 is 0 Å². The fourth-order valence-electron chi connectivity index (χ4n) is 6.06. The van der Waals surface area contributed by atoms with Crippen molar-refractivity contribution in [2.75, 3.05) is 13.2 Å². The Morgan fingerprint density at radius 3 is 1.09 bits per heavy atom. The van der Waals surface area contributed by atoms with Gasteiger partial charge in [0.25, 0.3) is 0 Å². The average molecular weight is 781 g/mol. The first-order valence-corrected chi connectivity index (χ1v) is 22.9. The zero-order valence-electron chi connectivity index (χ0n) is 36.4. The molecule has 0 spiro atoms. The first kappa shape index (κ1) is 52.9. The van der Waals surface area contributed by atoms with E-state index in [-0.39, 0.29) is 37.5 Å². The van der Waals surface area contributed by atoms with Gasteiger partial charge in [-0.1, -0.05) is 177 Å². The van der Waals surface area contributed by atoms with Gasteiger partial charge in [0.1, 0.15) is 13.2 Å². The van der Waals surface area contributed by atoms with Gasteiger partial charge in [0.15, 0.2) is 6.10 Å². The lowest BCUT2D eigenvalue weighted by atomic mass is 10.0. The second kappa shape index (κ2) is 44.6. The Hall–Kier alpha value is -3.15. The van der Waals surface area contributed by atoms with E-state index >= 15 is 0 Å². The minimum Gasteiger partial charge on any atom is -0.462 e. The van der Waals surface area contributed by atoms with Crippen molar-refractivity contribution in [2.24, 2.45) is 0 Å². The van der Waals surface area contributed by atoms with Crippen LogP contribution in [0.5, 0.6) is 0 Å². The third kappa shape index (κ3) is 42.0. The number of carbonyl (C=O) groups excluding carboxylic acids is 3. The molecule has 0 N–H and O–H groups in total. The summed E-state index contributed by atoms with van der Waals surface area (Å²) in [5, 5.41) is 0. The molecule has 0 fully saturated rings. The Kier molecular flexibility index (Phi) is 42.1. The summed E-state index contributed by atoms with van der Waals surface area (Å²) in [5.74, 6) is -0.961. The number of ether oxygens (including phenoxy) is 3. The minimum absolute atomic E-state index is 0.0960. The molecular formula is C50H84O6. The summed E-state index contributed by atoms with van der Waals surface area (Å²) in [7, 11) is 0. The molecule has 0 amide bonds. The number of unbranched alkanes of at least 4 members (excludes halogenated alkanes) is 17. The summed E-state index contributed by atoms with van der Waals surface area (Å²) < 4.78 is 16.7. The van der Waals surface area contributed by atoms with Crippen LogP contribution in [0.1, 0.15) is 207 Å². The zero-order chi connectivity index (χ0) is 40.8. The number of hydrogen-bond donors (Lipinski definition) is 0. The minimum atomic E-state index is -0.798. The second-order valence-electron chi connectivity index (χ2n) is 14.9. The van der Waals surface area contributed by atoms with Crippen molar-refractivity contribution < 1.29 is 28.6 Å². The zero-order valence-corrected chi connectivity index (χ0v) is 36.4. The summed E-state index contributed by atoms with van der Waals surface area (Å²) in [6.45, 7) is 6.34. The van der Waals surface area contributed by atoms with Crippen molar-refractivity contribution in [2.45, 2.75) is 213 Å². The van der Waals surface area contributed by atoms with Crippen LogP contribution in [0.2, 0.25) is 0 Å². The smallest absolute Gasteiger partial charge is 0.306 e. The predicted octanol–water partition coefficient (Wildman–Crippen LogP) is 14.7. The summed E-state index contributed by atoms with van der Waals surface area (Å²) in [5.41, 5.74) is 0. The highest BCUT2D eigenvalue weighted by molar-refractivity contribution is 5.71. The normalized spacial score (nSPS) is 12.7. The SMILES string of the molecule is CC/C=C\C/C=C\C/C=C\CCCCCC(=O)OCC(COC(=O)CCCCCCCCCCCCCC)OC(=O)CCCCC/C=C\C/C=C\C/C=C\CC. The maximum absolute atomic E-state index is 12.7. The third-order valence-electron chi connectivity index (χ3n) is 9.46. The molecule has 0 saturated heterocycles. The molecule has 0 aliphatic heterocycles. The molecule has 0 aromatic heterocycles. The highest BCUT2D eigenvalue weighted by atomic mass is 16.6. The predicted molar refractivity (Wildman–Crippen MR) is 238 cm³/mol. The molecule has 6 nitrogen and oxygen atoms in total. The molecule has 0 aromatic carbocycles. The highest BCUT2D eigenvalue weighted by Crippen LogP contribution is 2.14. The maximum atomic E-state index is 12.7. The Labute approximate surface area is 344 Å². The van der Waals surface area contributed by atoms with Gasteiger partial charge < -0.3 is 14.2 Å². The summed E-state index contributed by atoms with van der Waals surface area (Å²) in [6, 6.07) is 0. The van der Waals surface area contributed by atoms with E-state index in [1.54, 1.807) is 0 Å². The molecule has 0 aromatic rings. The van der Waals surface area contributed by atoms with Gasteiger partial charge >= 0.3 is 17.9 Å². The van der Waals surface area contributed by atoms with Crippen molar-refractivity contribution >= 4 is 17.9 Å². The van der Waals surface area contributed by atoms with Crippen LogP contribution in [0.25, 0.3) is 0 Å². The van der Waals surface area contributed by atoms with Gasteiger partial charge in [0, 0.05) is 19.3 Å². The first-order chi connectivity index (χ1) is 27.5. The van der Waals surface area contributed by atoms with Crippen LogP contribution in [-0.4, -0.2) is 37.2 Å². The number of esters is 3. The van der Waals surface area contributed by atoms with E-state index in [1.165, 1.54) is 57.8 Å². The lowest BCUT2D eigenvalue weighted by molar-refractivity contribution is -0.167. The van der Waals surface area contributed by atoms with Gasteiger partial charge in [-0.3, -0.25) is 14.4 Å². The highest BCUT2D eigenvalue weighted by Gasteiger charge is 2.19. The largest absolute Gasteiger partial charge is 0.462 e. The molecule has 0 aliphatic carbocycles. The number of carbonyl (C=O) groups is 3. The van der Waals surface area contributed by atoms with Gasteiger partial charge in [-0.2, -0.15) is 0 Å². The van der Waals surface area contributed by atoms with Crippen LogP contribution in [0.3, 0.4) is 0 Å². The van der Waals surface area contributed by atoms with Crippen LogP contribution in [0, 0.1) is 0 Å². The van der Waals surface area contributed by atoms with Gasteiger partial charge in [0.2, 0.25) is 0 Å². The number of allylic oxidation sites excluding steroid dienone is 12. The van der Waals surface area contributed by atoms with Crippen molar-refractivity contribution in [3.05, 3.63) is 72.9 Å². The fraction of sp³-hybridized carbons (Fsp3) is 0.700. The van der Waals surface area contributed by atoms with Gasteiger partial charge in [-0.25, -0.2) is 0 Å². The summed E-state index contributed by atoms with van der Waals surface area (Å²) in [6.07, 6.45) is 54.6. The molecule has 0 heterocycles. The van der Waals surface area contributed by atoms with E-state index in [4.69, 9.17) is 14.2 Å². The lowest BCUT2D eigenvalue weighted by Gasteiger charge is -2.18. The van der Waals surface area contributed by atoms with E-state index in [9.17, 15) is 14.4 Å². The van der Waals surface area contributed by atoms with E-state index in [2.05, 4.69) is 93.7 Å². The van der Waals surface area contributed by atoms with Gasteiger partial charge in [-0.05, 0) is 83.5 Å². The molecule has 320 valence electrons. The first-order valence-electron chi connectivity index (χ1n) is 22.9. The van der Waals surface area contributed by atoms with Crippen LogP contribution in [-0.2, 0) is 28.6 Å². The lowest BCUT2D eigenvalue weighted by Crippen LogP contribution is -2.30. The van der Waals surface area contributed by atoms with Crippen LogP contribution < -0.4 is 0 Å². The Morgan fingerprint density at radius 2 is 0.696 bits per heavy atom. The van der Waals surface area contributed by atoms with Crippen molar-refractivity contribution in [3.63, 3.8) is 0 Å². The Bertz CT molecular complexity index is 1080. The molecule has 0 bridgehead atoms. The quantitative estimate of drug-likeness (QED) is 0.0267. The van der Waals surface area contributed by atoms with Crippen molar-refractivity contribution in [3.8, 4) is 0 Å². The molecule has 6 heteroatoms. The molecule has 0 aliphatic rings. The Balaban J connectivity index is 4.48. The summed E-state index contributed by atoms with van der Waals surface area (Å²) in [4.78, 5) is 37.7. The van der Waals surface area contributed by atoms with Crippen molar-refractivity contribution in [1.29, 1.82) is 0 Å². The van der Waals surface area contributed by atoms with Crippen molar-refractivity contribution in [1.82, 2.24) is 0 Å². The maximum Gasteiger partial charge on any atom is 0.306 e. The molecule has 1 atom stereocenters. The molecule has 0 radical (unpaired) electrons. The third-order valence-corrected chi connectivity index (χ3v) is 9.46. The van der Waals surface area contributed by atoms with E-state index in [0.29, 0.717) is 12.8 Å². The van der Waals surface area contributed by atoms with Gasteiger partial charge in [0.05, 0.1) is 0 Å². The molecule has 0 saturated carbocycles. The van der Waals surface area contributed by atoms with E-state index in [0.717, 1.165) is 109 Å². The van der Waals surface area contributed by atoms with E-state index < -0.39 is 6.10 Å². The van der Waals surface area contributed by atoms with Gasteiger partial charge in [-0.15, -0.1) is 0 Å². The Morgan fingerprint density at radius 1 is 0.375 bits per heavy atom. The van der Waals surface area contributed by atoms with Crippen LogP contribution in [0.15, 0.2) is 72.9 Å². The second-order valence-corrected chi connectivity index (χ2v) is 14.9. The topological polar surface area (TPSA) is 78.9 Å². The average Bonchev–Trinajstić information content (AvgIpc) is 3.19. The summed E-state index contributed by atoms with van der Waals surface area (Å²) >= 11 is 0. The van der Waals surface area contributed by atoms with Crippen LogP contribution in [0.4, 0.5) is 0 Å². The molecule has 56 heavy (non-hydrogen) atoms. The standard InChI is InChI=1S/C50H84O6/c1-4-7-10-13-16-19-22-25-28-31-34-37-40-43-49(52)55-46-47(45-54-48(51)42-39-36-33-30-27-24-21-18-15-12-9-6-3)56-50(53)44-41-38-35-32-29-26-23-20-17-14-11-8-5-2/h7-8,10-11,16-17,19-20,25-26,28-29,47H,4-6,9,12-15,18,21-24,27,30-46H2,1-3H3/b10-7-,11-8-,19-16-,20-17-,28-25-,29-26-. The number of rotatable bonds is 40. The fourth-order valence-corrected chi connectivity index (χ4v) is 6.06. The molecule has 1 unspecified atom stereocenters. The molecular weight excluding hydrogens is 697 g/mol. The molecule has 0 rings (SSSR count).